The molecule has 4 aliphatic heterocycles. The van der Waals surface area contributed by atoms with Crippen LogP contribution in [0.4, 0.5) is 11.4 Å². The molecule has 3 fully saturated rings. The lowest BCUT2D eigenvalue weighted by Crippen LogP contribution is -2.40. The number of nitrogens with two attached hydrogens (primary N) is 1. The maximum atomic E-state index is 12.6. The maximum Gasteiger partial charge on any atom is 0.244 e. The predicted molar refractivity (Wildman–Crippen MR) is 87.2 cm³/mol. The van der Waals surface area contributed by atoms with E-state index in [9.17, 15) is 14.4 Å². The van der Waals surface area contributed by atoms with Gasteiger partial charge < -0.3 is 25.3 Å². The van der Waals surface area contributed by atoms with Gasteiger partial charge in [0.1, 0.15) is 6.54 Å². The van der Waals surface area contributed by atoms with Crippen LogP contribution in [-0.4, -0.2) is 48.2 Å². The molecule has 0 radical (unpaired) electrons. The second-order valence-corrected chi connectivity index (χ2v) is 6.95. The number of likely N-dealkylation sites (tertiary alicyclic amines) is 1. The normalized spacial score (nSPS) is 30.8. The number of carbonyl (C=O) groups is 3. The number of rotatable bonds is 3. The zero-order valence-electron chi connectivity index (χ0n) is 13.8. The van der Waals surface area contributed by atoms with Crippen molar-refractivity contribution in [3.05, 3.63) is 12.1 Å². The van der Waals surface area contributed by atoms with Crippen molar-refractivity contribution in [3.8, 4) is 11.5 Å². The standard InChI is InChI=1S/C17H17N3O6/c18-7-3-11-12(25-6-24-11)4-8(7)19-13(21)5-20-16(22)14-9-1-2-10(26-9)15(14)17(20)23/h3-4,9-10,14-15H,1-2,5-6,18H2,(H,19,21). The zero-order chi connectivity index (χ0) is 18.0. The largest absolute Gasteiger partial charge is 0.454 e. The smallest absolute Gasteiger partial charge is 0.244 e. The molecule has 0 aromatic heterocycles. The molecule has 1 aromatic carbocycles. The van der Waals surface area contributed by atoms with E-state index in [0.717, 1.165) is 17.7 Å². The maximum absolute atomic E-state index is 12.6. The Labute approximate surface area is 148 Å². The van der Waals surface area contributed by atoms with Gasteiger partial charge >= 0.3 is 0 Å². The first-order valence-electron chi connectivity index (χ1n) is 8.52. The molecular weight excluding hydrogens is 342 g/mol. The van der Waals surface area contributed by atoms with Gasteiger partial charge in [-0.2, -0.15) is 0 Å². The van der Waals surface area contributed by atoms with Gasteiger partial charge in [0.25, 0.3) is 0 Å². The highest BCUT2D eigenvalue weighted by Gasteiger charge is 2.62. The fourth-order valence-corrected chi connectivity index (χ4v) is 4.33. The number of hydrogen-bond acceptors (Lipinski definition) is 7. The van der Waals surface area contributed by atoms with Gasteiger partial charge in [0.05, 0.1) is 35.4 Å². The van der Waals surface area contributed by atoms with Gasteiger partial charge in [0, 0.05) is 12.1 Å². The molecular formula is C17H17N3O6. The zero-order valence-corrected chi connectivity index (χ0v) is 13.8. The highest BCUT2D eigenvalue weighted by atomic mass is 16.7. The summed E-state index contributed by atoms with van der Waals surface area (Å²) in [6.45, 7) is -0.242. The number of imide groups is 1. The lowest BCUT2D eigenvalue weighted by molar-refractivity contribution is -0.145. The van der Waals surface area contributed by atoms with E-state index in [-0.39, 0.29) is 37.4 Å². The van der Waals surface area contributed by atoms with Crippen LogP contribution < -0.4 is 20.5 Å². The van der Waals surface area contributed by atoms with Gasteiger partial charge in [-0.25, -0.2) is 0 Å². The van der Waals surface area contributed by atoms with Crippen LogP contribution in [0.1, 0.15) is 12.8 Å². The summed E-state index contributed by atoms with van der Waals surface area (Å²) in [5, 5.41) is 2.63. The third kappa shape index (κ3) is 2.10. The minimum Gasteiger partial charge on any atom is -0.454 e. The van der Waals surface area contributed by atoms with Gasteiger partial charge in [0.15, 0.2) is 11.5 Å². The molecule has 1 aromatic rings. The van der Waals surface area contributed by atoms with Crippen molar-refractivity contribution in [2.45, 2.75) is 25.0 Å². The van der Waals surface area contributed by atoms with E-state index in [4.69, 9.17) is 19.9 Å². The van der Waals surface area contributed by atoms with E-state index in [1.165, 1.54) is 0 Å². The summed E-state index contributed by atoms with van der Waals surface area (Å²) in [6.07, 6.45) is 1.19. The highest BCUT2D eigenvalue weighted by Crippen LogP contribution is 2.48. The fraction of sp³-hybridized carbons (Fsp3) is 0.471. The summed E-state index contributed by atoms with van der Waals surface area (Å²) < 4.78 is 16.2. The van der Waals surface area contributed by atoms with Crippen molar-refractivity contribution in [2.24, 2.45) is 11.8 Å². The number of nitrogens with zero attached hydrogens (tertiary/aromatic N) is 1. The van der Waals surface area contributed by atoms with E-state index < -0.39 is 17.7 Å². The van der Waals surface area contributed by atoms with Crippen LogP contribution >= 0.6 is 0 Å². The molecule has 3 saturated heterocycles. The van der Waals surface area contributed by atoms with Crippen molar-refractivity contribution >= 4 is 29.1 Å². The molecule has 2 bridgehead atoms. The van der Waals surface area contributed by atoms with Crippen molar-refractivity contribution in [1.82, 2.24) is 4.90 Å². The number of nitrogens with one attached hydrogen (secondary N) is 1. The molecule has 4 atom stereocenters. The second kappa shape index (κ2) is 5.34. The molecule has 4 aliphatic rings. The van der Waals surface area contributed by atoms with E-state index >= 15 is 0 Å². The van der Waals surface area contributed by atoms with Gasteiger partial charge in [-0.15, -0.1) is 0 Å². The second-order valence-electron chi connectivity index (χ2n) is 6.95. The van der Waals surface area contributed by atoms with Crippen molar-refractivity contribution in [3.63, 3.8) is 0 Å². The van der Waals surface area contributed by atoms with Crippen LogP contribution in [0.3, 0.4) is 0 Å². The number of fused-ring (bicyclic) bond motifs is 6. The first-order chi connectivity index (χ1) is 12.5. The lowest BCUT2D eigenvalue weighted by Gasteiger charge is -2.17. The molecule has 4 unspecified atom stereocenters. The van der Waals surface area contributed by atoms with E-state index in [1.54, 1.807) is 12.1 Å². The molecule has 26 heavy (non-hydrogen) atoms. The van der Waals surface area contributed by atoms with Crippen LogP contribution in [0.25, 0.3) is 0 Å². The number of ether oxygens (including phenoxy) is 3. The Hall–Kier alpha value is -2.81. The number of hydrogen-bond donors (Lipinski definition) is 2. The Balaban J connectivity index is 1.31. The Bertz CT molecular complexity index is 812. The minimum atomic E-state index is -0.495. The fourth-order valence-electron chi connectivity index (χ4n) is 4.33. The topological polar surface area (TPSA) is 120 Å². The van der Waals surface area contributed by atoms with Crippen LogP contribution in [0, 0.1) is 11.8 Å². The molecule has 5 rings (SSSR count). The van der Waals surface area contributed by atoms with Crippen LogP contribution in [0.5, 0.6) is 11.5 Å². The molecule has 136 valence electrons. The Morgan fingerprint density at radius 3 is 2.38 bits per heavy atom. The number of anilines is 2. The quantitative estimate of drug-likeness (QED) is 0.580. The van der Waals surface area contributed by atoms with E-state index in [2.05, 4.69) is 5.32 Å². The Morgan fingerprint density at radius 1 is 1.12 bits per heavy atom. The molecule has 3 N–H and O–H groups in total. The van der Waals surface area contributed by atoms with Crippen LogP contribution in [0.15, 0.2) is 12.1 Å². The summed E-state index contributed by atoms with van der Waals surface area (Å²) in [7, 11) is 0. The van der Waals surface area contributed by atoms with Gasteiger partial charge in [-0.1, -0.05) is 0 Å². The summed E-state index contributed by atoms with van der Waals surface area (Å²) in [5.74, 6) is -1.03. The SMILES string of the molecule is Nc1cc2c(cc1NC(=O)CN1C(=O)C3C4CCC(O4)C3C1=O)OCO2. The molecule has 3 amide bonds. The van der Waals surface area contributed by atoms with Crippen molar-refractivity contribution in [2.75, 3.05) is 24.4 Å². The van der Waals surface area contributed by atoms with Crippen molar-refractivity contribution in [1.29, 1.82) is 0 Å². The first-order valence-corrected chi connectivity index (χ1v) is 8.52. The van der Waals surface area contributed by atoms with Crippen molar-refractivity contribution < 1.29 is 28.6 Å². The lowest BCUT2D eigenvalue weighted by atomic mass is 9.81. The summed E-state index contributed by atoms with van der Waals surface area (Å²) in [5.41, 5.74) is 6.57. The summed E-state index contributed by atoms with van der Waals surface area (Å²) in [4.78, 5) is 38.6. The first kappa shape index (κ1) is 15.4. The van der Waals surface area contributed by atoms with Crippen LogP contribution in [-0.2, 0) is 19.1 Å². The molecule has 9 nitrogen and oxygen atoms in total. The molecule has 0 spiro atoms. The van der Waals surface area contributed by atoms with E-state index in [0.29, 0.717) is 22.9 Å². The molecule has 9 heteroatoms. The number of benzene rings is 1. The third-order valence-corrected chi connectivity index (χ3v) is 5.50. The Kier molecular flexibility index (Phi) is 3.17. The number of nitrogen functional groups attached to an aromatic ring is 1. The third-order valence-electron chi connectivity index (χ3n) is 5.50. The minimum absolute atomic E-state index is 0.0934. The summed E-state index contributed by atoms with van der Waals surface area (Å²) >= 11 is 0. The number of amides is 3. The van der Waals surface area contributed by atoms with Gasteiger partial charge in [0.2, 0.25) is 24.5 Å². The van der Waals surface area contributed by atoms with Crippen LogP contribution in [0.2, 0.25) is 0 Å². The predicted octanol–water partition coefficient (Wildman–Crippen LogP) is 0.0984. The van der Waals surface area contributed by atoms with Gasteiger partial charge in [-0.3, -0.25) is 19.3 Å². The monoisotopic (exact) mass is 359 g/mol. The highest BCUT2D eigenvalue weighted by molar-refractivity contribution is 6.09. The van der Waals surface area contributed by atoms with E-state index in [1.807, 2.05) is 0 Å². The molecule has 4 heterocycles. The average Bonchev–Trinajstić information content (AvgIpc) is 3.36. The molecule has 0 saturated carbocycles. The summed E-state index contributed by atoms with van der Waals surface area (Å²) in [6, 6.07) is 3.12. The Morgan fingerprint density at radius 2 is 1.73 bits per heavy atom. The van der Waals surface area contributed by atoms with Gasteiger partial charge in [-0.05, 0) is 12.8 Å². The average molecular weight is 359 g/mol. The number of carbonyl (C=O) groups excluding carboxylic acids is 3. The molecule has 0 aliphatic carbocycles.